The molecule has 8 heteroatoms. The van der Waals surface area contributed by atoms with Gasteiger partial charge in [0.15, 0.2) is 0 Å². The topological polar surface area (TPSA) is 79.5 Å². The van der Waals surface area contributed by atoms with Gasteiger partial charge in [0.1, 0.15) is 11.8 Å². The normalized spacial score (nSPS) is 11.6. The molecule has 0 fully saturated rings. The smallest absolute Gasteiger partial charge is 0.387 e. The van der Waals surface area contributed by atoms with Crippen LogP contribution < -0.4 is 20.7 Å². The van der Waals surface area contributed by atoms with Crippen molar-refractivity contribution in [2.24, 2.45) is 0 Å². The maximum Gasteiger partial charge on any atom is 0.387 e. The van der Waals surface area contributed by atoms with Crippen molar-refractivity contribution in [1.82, 2.24) is 0 Å². The number of carbonyl (C=O) groups is 2. The molecule has 0 radical (unpaired) electrons. The molecule has 3 N–H and O–H groups in total. The zero-order valence-electron chi connectivity index (χ0n) is 14.3. The Bertz CT molecular complexity index is 767. The van der Waals surface area contributed by atoms with E-state index in [9.17, 15) is 18.4 Å². The zero-order valence-corrected chi connectivity index (χ0v) is 14.3. The van der Waals surface area contributed by atoms with Gasteiger partial charge in [-0.25, -0.2) is 0 Å². The van der Waals surface area contributed by atoms with Crippen LogP contribution in [0.2, 0.25) is 0 Å². The van der Waals surface area contributed by atoms with Crippen molar-refractivity contribution in [1.29, 1.82) is 0 Å². The van der Waals surface area contributed by atoms with Crippen LogP contribution in [-0.2, 0) is 9.59 Å². The van der Waals surface area contributed by atoms with Crippen molar-refractivity contribution in [3.05, 3.63) is 48.5 Å². The minimum atomic E-state index is -2.98. The lowest BCUT2D eigenvalue weighted by Gasteiger charge is -2.17. The van der Waals surface area contributed by atoms with Crippen LogP contribution in [0, 0.1) is 0 Å². The maximum absolute atomic E-state index is 12.4. The summed E-state index contributed by atoms with van der Waals surface area (Å²) < 4.78 is 29.2. The fraction of sp³-hybridized carbons (Fsp3) is 0.222. The van der Waals surface area contributed by atoms with Gasteiger partial charge < -0.3 is 20.7 Å². The molecule has 0 aliphatic carbocycles. The fourth-order valence-corrected chi connectivity index (χ4v) is 2.18. The quantitative estimate of drug-likeness (QED) is 0.701. The van der Waals surface area contributed by atoms with Gasteiger partial charge in [-0.3, -0.25) is 9.59 Å². The largest absolute Gasteiger partial charge is 0.433 e. The number of halogens is 2. The highest BCUT2D eigenvalue weighted by atomic mass is 19.3. The summed E-state index contributed by atoms with van der Waals surface area (Å²) in [6.45, 7) is 0.0627. The zero-order chi connectivity index (χ0) is 19.1. The van der Waals surface area contributed by atoms with E-state index in [2.05, 4.69) is 20.7 Å². The molecule has 26 heavy (non-hydrogen) atoms. The van der Waals surface area contributed by atoms with Crippen molar-refractivity contribution in [3.63, 3.8) is 0 Å². The molecule has 2 aromatic carbocycles. The number of carbonyl (C=O) groups excluding carboxylic acids is 2. The van der Waals surface area contributed by atoms with Crippen LogP contribution in [-0.4, -0.2) is 24.5 Å². The van der Waals surface area contributed by atoms with Crippen LogP contribution >= 0.6 is 0 Å². The summed E-state index contributed by atoms with van der Waals surface area (Å²) in [7, 11) is 0. The first kappa shape index (κ1) is 19.2. The molecule has 138 valence electrons. The second kappa shape index (κ2) is 8.80. The first-order chi connectivity index (χ1) is 12.3. The summed E-state index contributed by atoms with van der Waals surface area (Å²) in [5, 5.41) is 8.19. The highest BCUT2D eigenvalue weighted by Crippen LogP contribution is 2.25. The predicted molar refractivity (Wildman–Crippen MR) is 95.5 cm³/mol. The lowest BCUT2D eigenvalue weighted by atomic mass is 10.2. The number of hydrogen-bond donors (Lipinski definition) is 3. The second-order valence-electron chi connectivity index (χ2n) is 5.49. The van der Waals surface area contributed by atoms with Crippen LogP contribution in [0.5, 0.6) is 5.75 Å². The third-order valence-electron chi connectivity index (χ3n) is 3.34. The van der Waals surface area contributed by atoms with E-state index >= 15 is 0 Å². The van der Waals surface area contributed by atoms with E-state index in [1.807, 2.05) is 0 Å². The van der Waals surface area contributed by atoms with E-state index in [1.165, 1.54) is 25.1 Å². The third-order valence-corrected chi connectivity index (χ3v) is 3.34. The van der Waals surface area contributed by atoms with Gasteiger partial charge in [-0.05, 0) is 43.3 Å². The molecule has 0 saturated heterocycles. The first-order valence-corrected chi connectivity index (χ1v) is 7.84. The number of para-hydroxylation sites is 2. The van der Waals surface area contributed by atoms with Gasteiger partial charge in [-0.15, -0.1) is 0 Å². The highest BCUT2D eigenvalue weighted by molar-refractivity contribution is 5.97. The Hall–Kier alpha value is -3.16. The van der Waals surface area contributed by atoms with Crippen molar-refractivity contribution in [3.8, 4) is 5.75 Å². The molecule has 2 rings (SSSR count). The Balaban J connectivity index is 1.98. The van der Waals surface area contributed by atoms with Gasteiger partial charge in [-0.2, -0.15) is 8.78 Å². The van der Waals surface area contributed by atoms with Crippen LogP contribution in [0.1, 0.15) is 13.8 Å². The Morgan fingerprint density at radius 2 is 1.58 bits per heavy atom. The van der Waals surface area contributed by atoms with E-state index in [1.54, 1.807) is 37.3 Å². The van der Waals surface area contributed by atoms with Crippen LogP contribution in [0.15, 0.2) is 48.5 Å². The summed E-state index contributed by atoms with van der Waals surface area (Å²) in [4.78, 5) is 23.3. The Kier molecular flexibility index (Phi) is 6.48. The van der Waals surface area contributed by atoms with Crippen molar-refractivity contribution in [2.45, 2.75) is 26.5 Å². The molecular weight excluding hydrogens is 344 g/mol. The minimum absolute atomic E-state index is 0.109. The molecule has 0 aliphatic heterocycles. The van der Waals surface area contributed by atoms with E-state index in [-0.39, 0.29) is 17.3 Å². The molecule has 0 aliphatic rings. The summed E-state index contributed by atoms with van der Waals surface area (Å²) >= 11 is 0. The predicted octanol–water partition coefficient (Wildman–Crippen LogP) is 3.69. The van der Waals surface area contributed by atoms with Crippen LogP contribution in [0.25, 0.3) is 0 Å². The number of anilines is 3. The lowest BCUT2D eigenvalue weighted by molar-refractivity contribution is -0.116. The van der Waals surface area contributed by atoms with Crippen molar-refractivity contribution in [2.75, 3.05) is 16.0 Å². The molecule has 2 amide bonds. The number of nitrogens with one attached hydrogen (secondary N) is 3. The second-order valence-corrected chi connectivity index (χ2v) is 5.49. The van der Waals surface area contributed by atoms with Crippen LogP contribution in [0.3, 0.4) is 0 Å². The fourth-order valence-electron chi connectivity index (χ4n) is 2.18. The number of amides is 2. The van der Waals surface area contributed by atoms with Crippen molar-refractivity contribution < 1.29 is 23.1 Å². The monoisotopic (exact) mass is 363 g/mol. The number of alkyl halides is 2. The minimum Gasteiger partial charge on any atom is -0.433 e. The van der Waals surface area contributed by atoms with E-state index in [0.29, 0.717) is 11.4 Å². The van der Waals surface area contributed by atoms with Gasteiger partial charge in [-0.1, -0.05) is 12.1 Å². The molecule has 1 unspecified atom stereocenters. The van der Waals surface area contributed by atoms with Gasteiger partial charge in [0, 0.05) is 18.3 Å². The van der Waals surface area contributed by atoms with Crippen LogP contribution in [0.4, 0.5) is 25.8 Å². The van der Waals surface area contributed by atoms with E-state index < -0.39 is 18.6 Å². The van der Waals surface area contributed by atoms with E-state index in [0.717, 1.165) is 0 Å². The molecule has 0 heterocycles. The first-order valence-electron chi connectivity index (χ1n) is 7.84. The van der Waals surface area contributed by atoms with Crippen molar-refractivity contribution >= 4 is 28.9 Å². The van der Waals surface area contributed by atoms with Gasteiger partial charge in [0.25, 0.3) is 0 Å². The number of ether oxygens (including phenoxy) is 1. The van der Waals surface area contributed by atoms with E-state index in [4.69, 9.17) is 0 Å². The number of rotatable bonds is 7. The summed E-state index contributed by atoms with van der Waals surface area (Å²) in [6.07, 6.45) is 0. The Morgan fingerprint density at radius 3 is 2.19 bits per heavy atom. The third kappa shape index (κ3) is 5.73. The molecule has 0 saturated carbocycles. The summed E-state index contributed by atoms with van der Waals surface area (Å²) in [6, 6.07) is 12.1. The van der Waals surface area contributed by atoms with Gasteiger partial charge in [0.05, 0.1) is 5.69 Å². The SMILES string of the molecule is CC(=O)Nc1ccc(NC(C)C(=O)Nc2ccccc2OC(F)F)cc1. The molecular formula is C18H19F2N3O3. The maximum atomic E-state index is 12.4. The highest BCUT2D eigenvalue weighted by Gasteiger charge is 2.16. The lowest BCUT2D eigenvalue weighted by Crippen LogP contribution is -2.32. The molecule has 1 atom stereocenters. The molecule has 6 nitrogen and oxygen atoms in total. The molecule has 0 aromatic heterocycles. The Labute approximate surface area is 149 Å². The number of benzene rings is 2. The van der Waals surface area contributed by atoms with Gasteiger partial charge >= 0.3 is 6.61 Å². The number of hydrogen-bond acceptors (Lipinski definition) is 4. The summed E-state index contributed by atoms with van der Waals surface area (Å²) in [5.74, 6) is -0.702. The average molecular weight is 363 g/mol. The average Bonchev–Trinajstić information content (AvgIpc) is 2.57. The standard InChI is InChI=1S/C18H19F2N3O3/c1-11(21-13-7-9-14(10-8-13)22-12(2)24)17(25)23-15-5-3-4-6-16(15)26-18(19)20/h3-11,18,21H,1-2H3,(H,22,24)(H,23,25). The summed E-state index contributed by atoms with van der Waals surface area (Å²) in [5.41, 5.74) is 1.46. The molecule has 0 bridgehead atoms. The van der Waals surface area contributed by atoms with Gasteiger partial charge in [0.2, 0.25) is 11.8 Å². The molecule has 0 spiro atoms. The molecule has 2 aromatic rings. The Morgan fingerprint density at radius 1 is 0.962 bits per heavy atom.